The molecule has 26 heavy (non-hydrogen) atoms. The zero-order chi connectivity index (χ0) is 18.3. The number of nitrogens with one attached hydrogen (secondary N) is 1. The van der Waals surface area contributed by atoms with Crippen LogP contribution in [0.3, 0.4) is 0 Å². The predicted molar refractivity (Wildman–Crippen MR) is 97.6 cm³/mol. The quantitative estimate of drug-likeness (QED) is 0.602. The summed E-state index contributed by atoms with van der Waals surface area (Å²) in [5, 5.41) is 2.77. The summed E-state index contributed by atoms with van der Waals surface area (Å²) in [4.78, 5) is 25.0. The minimum absolute atomic E-state index is 0.0640. The van der Waals surface area contributed by atoms with Gasteiger partial charge in [0.1, 0.15) is 5.82 Å². The number of rotatable bonds is 3. The lowest BCUT2D eigenvalue weighted by Gasteiger charge is -2.08. The van der Waals surface area contributed by atoms with E-state index in [0.717, 1.165) is 11.1 Å². The molecule has 1 aliphatic carbocycles. The van der Waals surface area contributed by atoms with E-state index in [0.29, 0.717) is 27.8 Å². The number of fused-ring (bicyclic) bond motifs is 3. The van der Waals surface area contributed by atoms with Crippen molar-refractivity contribution in [2.24, 2.45) is 0 Å². The van der Waals surface area contributed by atoms with Gasteiger partial charge in [0.25, 0.3) is 5.91 Å². The molecule has 1 amide bonds. The molecular formula is C22H16FNO2. The van der Waals surface area contributed by atoms with Crippen molar-refractivity contribution in [2.75, 3.05) is 0 Å². The van der Waals surface area contributed by atoms with Gasteiger partial charge in [-0.2, -0.15) is 0 Å². The van der Waals surface area contributed by atoms with Crippen LogP contribution >= 0.6 is 0 Å². The summed E-state index contributed by atoms with van der Waals surface area (Å²) >= 11 is 0. The molecule has 0 radical (unpaired) electrons. The molecule has 1 N–H and O–H groups in total. The molecule has 0 aliphatic heterocycles. The second-order valence-corrected chi connectivity index (χ2v) is 6.40. The Hall–Kier alpha value is -3.27. The molecule has 0 spiro atoms. The first-order valence-electron chi connectivity index (χ1n) is 8.36. The summed E-state index contributed by atoms with van der Waals surface area (Å²) in [5.74, 6) is -0.652. The molecule has 4 heteroatoms. The molecule has 0 fully saturated rings. The Morgan fingerprint density at radius 2 is 1.65 bits per heavy atom. The van der Waals surface area contributed by atoms with Gasteiger partial charge in [-0.3, -0.25) is 9.59 Å². The SMILES string of the molecule is Cc1ccc(CNC(=O)c2ccc3c(c2)C(=O)c2ccccc2-3)cc1F. The maximum atomic E-state index is 13.6. The van der Waals surface area contributed by atoms with Crippen LogP contribution in [0.4, 0.5) is 4.39 Å². The van der Waals surface area contributed by atoms with Crippen molar-refractivity contribution < 1.29 is 14.0 Å². The molecule has 0 heterocycles. The lowest BCUT2D eigenvalue weighted by atomic mass is 10.0. The number of aryl methyl sites for hydroxylation is 1. The van der Waals surface area contributed by atoms with Crippen LogP contribution in [0.25, 0.3) is 11.1 Å². The van der Waals surface area contributed by atoms with E-state index in [2.05, 4.69) is 5.32 Å². The molecule has 0 saturated heterocycles. The van der Waals surface area contributed by atoms with Crippen molar-refractivity contribution in [1.29, 1.82) is 0 Å². The average Bonchev–Trinajstić information content (AvgIpc) is 2.95. The fourth-order valence-electron chi connectivity index (χ4n) is 3.20. The zero-order valence-electron chi connectivity index (χ0n) is 14.2. The number of amides is 1. The Bertz CT molecular complexity index is 1060. The van der Waals surface area contributed by atoms with Crippen molar-refractivity contribution >= 4 is 11.7 Å². The third kappa shape index (κ3) is 2.69. The summed E-state index contributed by atoms with van der Waals surface area (Å²) in [5.41, 5.74) is 4.62. The highest BCUT2D eigenvalue weighted by atomic mass is 19.1. The Morgan fingerprint density at radius 3 is 2.42 bits per heavy atom. The van der Waals surface area contributed by atoms with Gasteiger partial charge in [-0.05, 0) is 47.4 Å². The zero-order valence-corrected chi connectivity index (χ0v) is 14.2. The molecule has 0 saturated carbocycles. The molecule has 0 bridgehead atoms. The standard InChI is InChI=1S/C22H16FNO2/c1-13-6-7-14(10-20(13)23)12-24-22(26)15-8-9-17-16-4-2-3-5-18(16)21(25)19(17)11-15/h2-11H,12H2,1H3,(H,24,26). The van der Waals surface area contributed by atoms with E-state index >= 15 is 0 Å². The fourth-order valence-corrected chi connectivity index (χ4v) is 3.20. The van der Waals surface area contributed by atoms with Gasteiger partial charge < -0.3 is 5.32 Å². The van der Waals surface area contributed by atoms with Crippen LogP contribution in [-0.2, 0) is 6.54 Å². The normalized spacial score (nSPS) is 11.8. The molecule has 4 rings (SSSR count). The monoisotopic (exact) mass is 345 g/mol. The highest BCUT2D eigenvalue weighted by Gasteiger charge is 2.26. The number of carbonyl (C=O) groups excluding carboxylic acids is 2. The number of halogens is 1. The molecule has 0 atom stereocenters. The predicted octanol–water partition coefficient (Wildman–Crippen LogP) is 4.28. The molecule has 3 nitrogen and oxygen atoms in total. The maximum Gasteiger partial charge on any atom is 0.251 e. The number of hydrogen-bond acceptors (Lipinski definition) is 2. The van der Waals surface area contributed by atoms with Crippen molar-refractivity contribution in [3.8, 4) is 11.1 Å². The van der Waals surface area contributed by atoms with Crippen molar-refractivity contribution in [2.45, 2.75) is 13.5 Å². The largest absolute Gasteiger partial charge is 0.348 e. The second-order valence-electron chi connectivity index (χ2n) is 6.40. The molecule has 0 aromatic heterocycles. The Labute approximate surface area is 150 Å². The smallest absolute Gasteiger partial charge is 0.251 e. The number of hydrogen-bond donors (Lipinski definition) is 1. The summed E-state index contributed by atoms with van der Waals surface area (Å²) in [6.07, 6.45) is 0. The first kappa shape index (κ1) is 16.2. The first-order valence-corrected chi connectivity index (χ1v) is 8.36. The van der Waals surface area contributed by atoms with Crippen LogP contribution in [0.1, 0.15) is 37.4 Å². The number of benzene rings is 3. The van der Waals surface area contributed by atoms with Gasteiger partial charge in [-0.25, -0.2) is 4.39 Å². The molecule has 1 aliphatic rings. The highest BCUT2D eigenvalue weighted by Crippen LogP contribution is 2.36. The van der Waals surface area contributed by atoms with Crippen molar-refractivity contribution in [1.82, 2.24) is 5.32 Å². The topological polar surface area (TPSA) is 46.2 Å². The van der Waals surface area contributed by atoms with Crippen LogP contribution in [-0.4, -0.2) is 11.7 Å². The van der Waals surface area contributed by atoms with Gasteiger partial charge in [0.2, 0.25) is 0 Å². The summed E-state index contributed by atoms with van der Waals surface area (Å²) in [6, 6.07) is 17.4. The van der Waals surface area contributed by atoms with E-state index in [-0.39, 0.29) is 24.1 Å². The number of ketones is 1. The third-order valence-electron chi connectivity index (χ3n) is 4.68. The van der Waals surface area contributed by atoms with E-state index in [1.54, 1.807) is 43.3 Å². The van der Waals surface area contributed by atoms with Gasteiger partial charge in [0, 0.05) is 23.2 Å². The number of carbonyl (C=O) groups is 2. The van der Waals surface area contributed by atoms with Gasteiger partial charge in [-0.1, -0.05) is 42.5 Å². The maximum absolute atomic E-state index is 13.6. The molecule has 0 unspecified atom stereocenters. The van der Waals surface area contributed by atoms with Gasteiger partial charge in [0.05, 0.1) is 0 Å². The molecule has 3 aromatic rings. The Kier molecular flexibility index (Phi) is 3.88. The van der Waals surface area contributed by atoms with Gasteiger partial charge >= 0.3 is 0 Å². The van der Waals surface area contributed by atoms with Crippen LogP contribution in [0.5, 0.6) is 0 Å². The van der Waals surface area contributed by atoms with E-state index in [1.165, 1.54) is 6.07 Å². The van der Waals surface area contributed by atoms with Crippen molar-refractivity contribution in [3.63, 3.8) is 0 Å². The van der Waals surface area contributed by atoms with E-state index in [4.69, 9.17) is 0 Å². The molecule has 128 valence electrons. The van der Waals surface area contributed by atoms with Gasteiger partial charge in [0.15, 0.2) is 5.78 Å². The molecular weight excluding hydrogens is 329 g/mol. The highest BCUT2D eigenvalue weighted by molar-refractivity contribution is 6.22. The lowest BCUT2D eigenvalue weighted by molar-refractivity contribution is 0.0951. The van der Waals surface area contributed by atoms with Crippen LogP contribution in [0, 0.1) is 12.7 Å². The van der Waals surface area contributed by atoms with E-state index < -0.39 is 0 Å². The van der Waals surface area contributed by atoms with Crippen LogP contribution in [0.2, 0.25) is 0 Å². The van der Waals surface area contributed by atoms with Crippen LogP contribution < -0.4 is 5.32 Å². The summed E-state index contributed by atoms with van der Waals surface area (Å²) in [7, 11) is 0. The first-order chi connectivity index (χ1) is 12.5. The second kappa shape index (κ2) is 6.23. The minimum Gasteiger partial charge on any atom is -0.348 e. The third-order valence-corrected chi connectivity index (χ3v) is 4.68. The van der Waals surface area contributed by atoms with Crippen molar-refractivity contribution in [3.05, 3.63) is 94.3 Å². The fraction of sp³-hybridized carbons (Fsp3) is 0.0909. The van der Waals surface area contributed by atoms with E-state index in [9.17, 15) is 14.0 Å². The average molecular weight is 345 g/mol. The Morgan fingerprint density at radius 1 is 0.923 bits per heavy atom. The summed E-state index contributed by atoms with van der Waals surface area (Å²) < 4.78 is 13.6. The minimum atomic E-state index is -0.294. The lowest BCUT2D eigenvalue weighted by Crippen LogP contribution is -2.23. The summed E-state index contributed by atoms with van der Waals surface area (Å²) in [6.45, 7) is 1.92. The van der Waals surface area contributed by atoms with Gasteiger partial charge in [-0.15, -0.1) is 0 Å². The Balaban J connectivity index is 1.55. The van der Waals surface area contributed by atoms with Crippen LogP contribution in [0.15, 0.2) is 60.7 Å². The van der Waals surface area contributed by atoms with E-state index in [1.807, 2.05) is 18.2 Å². The molecule has 3 aromatic carbocycles.